The number of hydrogen-bond acceptors (Lipinski definition) is 3. The van der Waals surface area contributed by atoms with Crippen LogP contribution < -0.4 is 5.32 Å². The summed E-state index contributed by atoms with van der Waals surface area (Å²) in [6, 6.07) is 0.522. The maximum absolute atomic E-state index is 10.5. The van der Waals surface area contributed by atoms with E-state index >= 15 is 0 Å². The van der Waals surface area contributed by atoms with Crippen LogP contribution in [0.3, 0.4) is 0 Å². The van der Waals surface area contributed by atoms with Crippen molar-refractivity contribution in [1.29, 1.82) is 0 Å². The Kier molecular flexibility index (Phi) is 4.22. The maximum Gasteiger partial charge on any atom is 0.236 e. The van der Waals surface area contributed by atoms with E-state index in [4.69, 9.17) is 10.7 Å². The van der Waals surface area contributed by atoms with E-state index in [1.807, 2.05) is 6.08 Å². The summed E-state index contributed by atoms with van der Waals surface area (Å²) in [6.45, 7) is 1.08. The van der Waals surface area contributed by atoms with Crippen LogP contribution in [-0.2, 0) is 9.05 Å². The summed E-state index contributed by atoms with van der Waals surface area (Å²) in [4.78, 5) is 0. The van der Waals surface area contributed by atoms with Crippen LogP contribution in [0.2, 0.25) is 0 Å². The first-order valence-electron chi connectivity index (χ1n) is 4.38. The molecule has 1 saturated heterocycles. The third-order valence-electron chi connectivity index (χ3n) is 2.04. The monoisotopic (exact) mass is 223 g/mol. The van der Waals surface area contributed by atoms with Gasteiger partial charge in [0.15, 0.2) is 0 Å². The zero-order valence-corrected chi connectivity index (χ0v) is 8.94. The average Bonchev–Trinajstić information content (AvgIpc) is 2.48. The van der Waals surface area contributed by atoms with Gasteiger partial charge in [0.05, 0.1) is 5.75 Å². The fourth-order valence-electron chi connectivity index (χ4n) is 1.40. The Labute approximate surface area is 83.6 Å². The quantitative estimate of drug-likeness (QED) is 0.577. The van der Waals surface area contributed by atoms with Gasteiger partial charge in [-0.15, -0.1) is 0 Å². The lowest BCUT2D eigenvalue weighted by Crippen LogP contribution is -2.19. The summed E-state index contributed by atoms with van der Waals surface area (Å²) in [6.07, 6.45) is 6.78. The summed E-state index contributed by atoms with van der Waals surface area (Å²) in [7, 11) is 1.68. The SMILES string of the molecule is O=S(=O)(Cl)C/C=C\CC1CCCN1. The lowest BCUT2D eigenvalue weighted by Gasteiger charge is -2.04. The smallest absolute Gasteiger partial charge is 0.236 e. The van der Waals surface area contributed by atoms with Crippen molar-refractivity contribution in [2.45, 2.75) is 25.3 Å². The van der Waals surface area contributed by atoms with Crippen LogP contribution >= 0.6 is 10.7 Å². The lowest BCUT2D eigenvalue weighted by atomic mass is 10.1. The summed E-state index contributed by atoms with van der Waals surface area (Å²) < 4.78 is 21.1. The van der Waals surface area contributed by atoms with Crippen molar-refractivity contribution in [3.63, 3.8) is 0 Å². The molecule has 3 nitrogen and oxygen atoms in total. The maximum atomic E-state index is 10.5. The Morgan fingerprint density at radius 1 is 1.46 bits per heavy atom. The molecule has 1 fully saturated rings. The van der Waals surface area contributed by atoms with E-state index < -0.39 is 9.05 Å². The van der Waals surface area contributed by atoms with E-state index in [1.165, 1.54) is 12.8 Å². The van der Waals surface area contributed by atoms with Crippen molar-refractivity contribution in [1.82, 2.24) is 5.32 Å². The minimum Gasteiger partial charge on any atom is -0.314 e. The molecular formula is C8H14ClNO2S. The second-order valence-electron chi connectivity index (χ2n) is 3.21. The molecule has 1 atom stereocenters. The van der Waals surface area contributed by atoms with Gasteiger partial charge in [0.25, 0.3) is 0 Å². The highest BCUT2D eigenvalue weighted by Crippen LogP contribution is 2.09. The minimum atomic E-state index is -3.35. The molecule has 0 saturated carbocycles. The molecular weight excluding hydrogens is 210 g/mol. The Morgan fingerprint density at radius 3 is 2.77 bits per heavy atom. The second kappa shape index (κ2) is 4.98. The van der Waals surface area contributed by atoms with Crippen molar-refractivity contribution in [2.24, 2.45) is 0 Å². The van der Waals surface area contributed by atoms with E-state index in [0.717, 1.165) is 13.0 Å². The van der Waals surface area contributed by atoms with E-state index in [-0.39, 0.29) is 5.75 Å². The predicted molar refractivity (Wildman–Crippen MR) is 54.4 cm³/mol. The van der Waals surface area contributed by atoms with Gasteiger partial charge in [0, 0.05) is 16.7 Å². The molecule has 0 aromatic rings. The van der Waals surface area contributed by atoms with E-state index in [0.29, 0.717) is 6.04 Å². The molecule has 0 aliphatic carbocycles. The van der Waals surface area contributed by atoms with Crippen molar-refractivity contribution in [3.8, 4) is 0 Å². The number of halogens is 1. The minimum absolute atomic E-state index is 0.0682. The van der Waals surface area contributed by atoms with Crippen LogP contribution in [0.1, 0.15) is 19.3 Å². The van der Waals surface area contributed by atoms with Crippen LogP contribution in [0.4, 0.5) is 0 Å². The molecule has 1 rings (SSSR count). The molecule has 0 aromatic carbocycles. The molecule has 0 spiro atoms. The van der Waals surface area contributed by atoms with Crippen molar-refractivity contribution >= 4 is 19.7 Å². The lowest BCUT2D eigenvalue weighted by molar-refractivity contribution is 0.609. The highest BCUT2D eigenvalue weighted by Gasteiger charge is 2.11. The first-order valence-corrected chi connectivity index (χ1v) is 6.86. The Bertz CT molecular complexity index is 268. The molecule has 0 radical (unpaired) electrons. The molecule has 1 heterocycles. The van der Waals surface area contributed by atoms with E-state index in [9.17, 15) is 8.42 Å². The Morgan fingerprint density at radius 2 is 2.23 bits per heavy atom. The van der Waals surface area contributed by atoms with Gasteiger partial charge in [-0.1, -0.05) is 12.2 Å². The third kappa shape index (κ3) is 5.29. The molecule has 0 bridgehead atoms. The van der Waals surface area contributed by atoms with Gasteiger partial charge in [0.2, 0.25) is 9.05 Å². The average molecular weight is 224 g/mol. The first kappa shape index (κ1) is 11.0. The molecule has 76 valence electrons. The molecule has 1 N–H and O–H groups in total. The number of rotatable bonds is 4. The van der Waals surface area contributed by atoms with Crippen molar-refractivity contribution < 1.29 is 8.42 Å². The highest BCUT2D eigenvalue weighted by atomic mass is 35.7. The van der Waals surface area contributed by atoms with Gasteiger partial charge < -0.3 is 5.32 Å². The van der Waals surface area contributed by atoms with Crippen molar-refractivity contribution in [3.05, 3.63) is 12.2 Å². The molecule has 13 heavy (non-hydrogen) atoms. The van der Waals surface area contributed by atoms with Gasteiger partial charge in [0.1, 0.15) is 0 Å². The molecule has 1 aliphatic rings. The Hall–Kier alpha value is -0.0600. The van der Waals surface area contributed by atoms with Gasteiger partial charge in [-0.2, -0.15) is 0 Å². The third-order valence-corrected chi connectivity index (χ3v) is 3.01. The molecule has 1 unspecified atom stereocenters. The molecule has 1 aliphatic heterocycles. The largest absolute Gasteiger partial charge is 0.314 e. The molecule has 0 aromatic heterocycles. The molecule has 5 heteroatoms. The van der Waals surface area contributed by atoms with Gasteiger partial charge >= 0.3 is 0 Å². The zero-order chi connectivity index (χ0) is 9.73. The first-order chi connectivity index (χ1) is 6.08. The van der Waals surface area contributed by atoms with E-state index in [2.05, 4.69) is 5.32 Å². The molecule has 0 amide bonds. The van der Waals surface area contributed by atoms with Crippen LogP contribution in [0.25, 0.3) is 0 Å². The van der Waals surface area contributed by atoms with Gasteiger partial charge in [-0.25, -0.2) is 8.42 Å². The fraction of sp³-hybridized carbons (Fsp3) is 0.750. The van der Waals surface area contributed by atoms with Crippen molar-refractivity contribution in [2.75, 3.05) is 12.3 Å². The van der Waals surface area contributed by atoms with Gasteiger partial charge in [-0.3, -0.25) is 0 Å². The fourth-order valence-corrected chi connectivity index (χ4v) is 1.99. The van der Waals surface area contributed by atoms with Crippen LogP contribution in [0.5, 0.6) is 0 Å². The normalized spacial score (nSPS) is 24.2. The summed E-state index contributed by atoms with van der Waals surface area (Å²) in [5, 5.41) is 3.32. The number of nitrogens with one attached hydrogen (secondary N) is 1. The summed E-state index contributed by atoms with van der Waals surface area (Å²) in [5.41, 5.74) is 0. The zero-order valence-electron chi connectivity index (χ0n) is 7.37. The van der Waals surface area contributed by atoms with Crippen LogP contribution in [-0.4, -0.2) is 26.8 Å². The second-order valence-corrected chi connectivity index (χ2v) is 6.03. The highest BCUT2D eigenvalue weighted by molar-refractivity contribution is 8.13. The van der Waals surface area contributed by atoms with Crippen LogP contribution in [0, 0.1) is 0 Å². The predicted octanol–water partition coefficient (Wildman–Crippen LogP) is 1.25. The van der Waals surface area contributed by atoms with Crippen LogP contribution in [0.15, 0.2) is 12.2 Å². The standard InChI is InChI=1S/C8H14ClNO2S/c9-13(11,12)7-2-1-4-8-5-3-6-10-8/h1-2,8,10H,3-7H2/b2-1-. The summed E-state index contributed by atoms with van der Waals surface area (Å²) >= 11 is 0. The summed E-state index contributed by atoms with van der Waals surface area (Å²) in [5.74, 6) is -0.0682. The topological polar surface area (TPSA) is 46.2 Å². The van der Waals surface area contributed by atoms with E-state index in [1.54, 1.807) is 6.08 Å². The number of hydrogen-bond donors (Lipinski definition) is 1. The van der Waals surface area contributed by atoms with Gasteiger partial charge in [-0.05, 0) is 25.8 Å². The Balaban J connectivity index is 2.18.